The molecule has 0 aliphatic carbocycles. The quantitative estimate of drug-likeness (QED) is 0.312. The van der Waals surface area contributed by atoms with Crippen molar-refractivity contribution >= 4 is 15.7 Å². The predicted octanol–water partition coefficient (Wildman–Crippen LogP) is 3.84. The summed E-state index contributed by atoms with van der Waals surface area (Å²) in [5.74, 6) is 0. The molecule has 0 unspecified atom stereocenters. The first kappa shape index (κ1) is 12.6. The third kappa shape index (κ3) is 90100. The maximum atomic E-state index is 9.84. The molecule has 0 radical (unpaired) electrons. The molecule has 0 aromatic rings. The molecule has 0 spiro atoms. The van der Waals surface area contributed by atoms with Gasteiger partial charge in [0.2, 0.25) is 0 Å². The van der Waals surface area contributed by atoms with Crippen molar-refractivity contribution in [2.24, 2.45) is 0 Å². The van der Waals surface area contributed by atoms with Gasteiger partial charge in [0.1, 0.15) is 0 Å². The first-order valence-electron chi connectivity index (χ1n) is 1.50. The molecule has 0 atom stereocenters. The predicted molar refractivity (Wildman–Crippen MR) is 21.5 cm³/mol. The fraction of sp³-hybridized carbons (Fsp3) is 0. The van der Waals surface area contributed by atoms with E-state index in [0.29, 0.717) is 0 Å². The third-order valence-electron chi connectivity index (χ3n) is 0. The van der Waals surface area contributed by atoms with Crippen LogP contribution in [0.15, 0.2) is 0 Å². The Morgan fingerprint density at radius 2 is 0.700 bits per heavy atom. The molecular formula is BF8P. The second-order valence-corrected chi connectivity index (χ2v) is 2.16. The molecule has 0 saturated carbocycles. The van der Waals surface area contributed by atoms with Gasteiger partial charge >= 0.3 is 36.7 Å². The van der Waals surface area contributed by atoms with Gasteiger partial charge in [-0.3, -0.25) is 12.9 Å². The third-order valence-corrected chi connectivity index (χ3v) is 0. The van der Waals surface area contributed by atoms with Crippen LogP contribution in [0.4, 0.5) is 33.9 Å². The van der Waals surface area contributed by atoms with E-state index in [1.807, 2.05) is 0 Å². The maximum absolute atomic E-state index is 9.84. The molecule has 0 rings (SSSR count). The number of halogens is 8. The van der Waals surface area contributed by atoms with Gasteiger partial charge in [0.25, 0.3) is 0 Å². The van der Waals surface area contributed by atoms with Crippen molar-refractivity contribution in [3.05, 3.63) is 0 Å². The van der Waals surface area contributed by atoms with Gasteiger partial charge in [-0.2, -0.15) is 0 Å². The average Bonchev–Trinajstić information content (AvgIpc) is 1.14. The molecule has 0 fully saturated rings. The summed E-state index contributed by atoms with van der Waals surface area (Å²) in [5.41, 5.74) is 0. The molecule has 0 N–H and O–H groups in total. The molecule has 0 nitrogen and oxygen atoms in total. The SMILES string of the molecule is FB(F)F.FP(F)(F)(F)F. The van der Waals surface area contributed by atoms with Gasteiger partial charge in [0.15, 0.2) is 0 Å². The molecule has 0 heterocycles. The number of rotatable bonds is 0. The van der Waals surface area contributed by atoms with Crippen LogP contribution >= 0.6 is 8.16 Å². The minimum atomic E-state index is -8.55. The van der Waals surface area contributed by atoms with E-state index in [-0.39, 0.29) is 0 Å². The van der Waals surface area contributed by atoms with Gasteiger partial charge in [-0.25, -0.2) is 0 Å². The Morgan fingerprint density at radius 3 is 0.700 bits per heavy atom. The van der Waals surface area contributed by atoms with Gasteiger partial charge in [-0.05, 0) is 0 Å². The molecular weight excluding hydrogens is 194 g/mol. The summed E-state index contributed by atoms with van der Waals surface area (Å²) < 4.78 is 78.2. The van der Waals surface area contributed by atoms with Crippen molar-refractivity contribution in [2.75, 3.05) is 0 Å². The van der Waals surface area contributed by atoms with E-state index in [1.54, 1.807) is 0 Å². The zero-order chi connectivity index (χ0) is 9.02. The minimum absolute atomic E-state index is 3.67. The molecule has 64 valence electrons. The first-order valence-corrected chi connectivity index (χ1v) is 3.19. The Kier molecular flexibility index (Phi) is 4.24. The number of hydrogen-bond donors (Lipinski definition) is 0. The molecule has 10 heavy (non-hydrogen) atoms. The molecule has 0 aliphatic heterocycles. The Balaban J connectivity index is 0. The van der Waals surface area contributed by atoms with Gasteiger partial charge < -0.3 is 0 Å². The van der Waals surface area contributed by atoms with E-state index in [1.165, 1.54) is 0 Å². The summed E-state index contributed by atoms with van der Waals surface area (Å²) in [6.45, 7) is 0. The Labute approximate surface area is 51.0 Å². The average molecular weight is 194 g/mol. The summed E-state index contributed by atoms with van der Waals surface area (Å²) >= 11 is 0. The Bertz CT molecular complexity index is 67.5. The van der Waals surface area contributed by atoms with Crippen LogP contribution in [0.5, 0.6) is 0 Å². The Hall–Kier alpha value is -0.0651. The van der Waals surface area contributed by atoms with Crippen molar-refractivity contribution in [3.8, 4) is 0 Å². The fourth-order valence-electron chi connectivity index (χ4n) is 0. The van der Waals surface area contributed by atoms with E-state index in [9.17, 15) is 33.9 Å². The van der Waals surface area contributed by atoms with Crippen LogP contribution < -0.4 is 0 Å². The van der Waals surface area contributed by atoms with Crippen LogP contribution in [0.25, 0.3) is 0 Å². The topological polar surface area (TPSA) is 0 Å². The van der Waals surface area contributed by atoms with E-state index >= 15 is 0 Å². The monoisotopic (exact) mass is 194 g/mol. The van der Waals surface area contributed by atoms with Gasteiger partial charge in [-0.1, -0.05) is 0 Å². The van der Waals surface area contributed by atoms with E-state index in [0.717, 1.165) is 0 Å². The fourth-order valence-corrected chi connectivity index (χ4v) is 0. The van der Waals surface area contributed by atoms with Crippen LogP contribution in [-0.4, -0.2) is 7.54 Å². The van der Waals surface area contributed by atoms with Crippen molar-refractivity contribution in [1.29, 1.82) is 0 Å². The summed E-state index contributed by atoms with van der Waals surface area (Å²) in [6.07, 6.45) is 0. The number of hydrogen-bond acceptors (Lipinski definition) is 0. The molecule has 0 bridgehead atoms. The normalized spacial score (nSPS) is 14.2. The summed E-state index contributed by atoms with van der Waals surface area (Å²) in [7, 11) is -12.2. The molecule has 0 aromatic carbocycles. The van der Waals surface area contributed by atoms with Crippen molar-refractivity contribution < 1.29 is 33.9 Å². The van der Waals surface area contributed by atoms with Crippen LogP contribution in [-0.2, 0) is 0 Å². The van der Waals surface area contributed by atoms with Gasteiger partial charge in [-0.15, -0.1) is 0 Å². The zero-order valence-corrected chi connectivity index (χ0v) is 4.94. The standard InChI is InChI=1S/BF3.F5P/c2-1(3)4;1-6(2,3,4)5. The zero-order valence-electron chi connectivity index (χ0n) is 4.05. The van der Waals surface area contributed by atoms with E-state index < -0.39 is 15.7 Å². The van der Waals surface area contributed by atoms with Gasteiger partial charge in [0.05, 0.1) is 0 Å². The van der Waals surface area contributed by atoms with Gasteiger partial charge in [0, 0.05) is 0 Å². The van der Waals surface area contributed by atoms with Crippen molar-refractivity contribution in [1.82, 2.24) is 0 Å². The van der Waals surface area contributed by atoms with Crippen LogP contribution in [0.1, 0.15) is 0 Å². The van der Waals surface area contributed by atoms with Crippen molar-refractivity contribution in [2.45, 2.75) is 0 Å². The second-order valence-electron chi connectivity index (χ2n) is 0.886. The van der Waals surface area contributed by atoms with Crippen LogP contribution in [0.3, 0.4) is 0 Å². The molecule has 0 amide bonds. The molecule has 0 aliphatic rings. The van der Waals surface area contributed by atoms with Crippen LogP contribution in [0.2, 0.25) is 0 Å². The molecule has 0 saturated heterocycles. The van der Waals surface area contributed by atoms with Crippen molar-refractivity contribution in [3.63, 3.8) is 0 Å². The van der Waals surface area contributed by atoms with Crippen LogP contribution in [0, 0.1) is 0 Å². The summed E-state index contributed by atoms with van der Waals surface area (Å²) in [5, 5.41) is 0. The Morgan fingerprint density at radius 1 is 0.700 bits per heavy atom. The molecule has 10 heteroatoms. The second kappa shape index (κ2) is 3.36. The summed E-state index contributed by atoms with van der Waals surface area (Å²) in [6, 6.07) is 0. The van der Waals surface area contributed by atoms with E-state index in [2.05, 4.69) is 0 Å². The summed E-state index contributed by atoms with van der Waals surface area (Å²) in [4.78, 5) is 0. The van der Waals surface area contributed by atoms with E-state index in [4.69, 9.17) is 0 Å². The molecule has 0 aromatic heterocycles. The first-order chi connectivity index (χ1) is 3.97.